The third-order valence-electron chi connectivity index (χ3n) is 3.99. The fourth-order valence-electron chi connectivity index (χ4n) is 2.97. The highest BCUT2D eigenvalue weighted by Gasteiger charge is 2.75. The quantitative estimate of drug-likeness (QED) is 0.856. The molecule has 0 radical (unpaired) electrons. The number of hydrogen-bond acceptors (Lipinski definition) is 4. The van der Waals surface area contributed by atoms with Crippen LogP contribution in [0.1, 0.15) is 18.4 Å². The smallest absolute Gasteiger partial charge is 0.314 e. The molecule has 0 aromatic heterocycles. The summed E-state index contributed by atoms with van der Waals surface area (Å²) in [5.74, 6) is -1.74. The molecular weight excluding hydrogens is 280 g/mol. The van der Waals surface area contributed by atoms with Crippen LogP contribution >= 0.6 is 0 Å². The Morgan fingerprint density at radius 3 is 2.40 bits per heavy atom. The van der Waals surface area contributed by atoms with Crippen LogP contribution in [-0.4, -0.2) is 44.2 Å². The summed E-state index contributed by atoms with van der Waals surface area (Å²) in [6.07, 6.45) is 0. The van der Waals surface area contributed by atoms with Crippen LogP contribution in [0.4, 0.5) is 0 Å². The summed E-state index contributed by atoms with van der Waals surface area (Å²) in [5, 5.41) is 8.63. The Kier molecular flexibility index (Phi) is 3.88. The van der Waals surface area contributed by atoms with Crippen molar-refractivity contribution >= 4 is 15.8 Å². The Bertz CT molecular complexity index is 595. The first-order valence-electron chi connectivity index (χ1n) is 6.40. The number of carbonyl (C=O) groups is 1. The van der Waals surface area contributed by atoms with Crippen molar-refractivity contribution in [2.24, 2.45) is 5.41 Å². The van der Waals surface area contributed by atoms with Gasteiger partial charge in [-0.3, -0.25) is 4.79 Å². The topological polar surface area (TPSA) is 80.7 Å². The maximum Gasteiger partial charge on any atom is 0.314 e. The molecule has 1 N–H and O–H groups in total. The van der Waals surface area contributed by atoms with Gasteiger partial charge in [0.25, 0.3) is 0 Å². The molecule has 1 aliphatic carbocycles. The van der Waals surface area contributed by atoms with E-state index in [-0.39, 0.29) is 12.4 Å². The summed E-state index contributed by atoms with van der Waals surface area (Å²) < 4.78 is 29.4. The number of methoxy groups -OCH3 is 1. The first-order valence-corrected chi connectivity index (χ1v) is 8.12. The summed E-state index contributed by atoms with van der Waals surface area (Å²) in [4.78, 5) is 11.7. The lowest BCUT2D eigenvalue weighted by Crippen LogP contribution is -2.29. The molecule has 0 heterocycles. The van der Waals surface area contributed by atoms with Crippen molar-refractivity contribution in [3.63, 3.8) is 0 Å². The maximum absolute atomic E-state index is 12.2. The molecule has 5 nitrogen and oxygen atoms in total. The number of ether oxygens (including phenoxy) is 1. The van der Waals surface area contributed by atoms with E-state index in [1.165, 1.54) is 14.0 Å². The molecule has 0 amide bonds. The van der Waals surface area contributed by atoms with Crippen molar-refractivity contribution in [2.75, 3.05) is 19.5 Å². The molecule has 0 aliphatic heterocycles. The van der Waals surface area contributed by atoms with E-state index in [1.54, 1.807) is 24.3 Å². The molecule has 0 unspecified atom stereocenters. The molecule has 3 atom stereocenters. The number of carboxylic acids is 1. The van der Waals surface area contributed by atoms with E-state index < -0.39 is 32.4 Å². The van der Waals surface area contributed by atoms with Crippen LogP contribution in [0, 0.1) is 5.41 Å². The van der Waals surface area contributed by atoms with Crippen molar-refractivity contribution in [2.45, 2.75) is 18.1 Å². The van der Waals surface area contributed by atoms with Crippen LogP contribution < -0.4 is 0 Å². The number of carboxylic acid groups (broad SMARTS) is 1. The zero-order chi connectivity index (χ0) is 15.0. The Morgan fingerprint density at radius 1 is 1.35 bits per heavy atom. The Hall–Kier alpha value is -1.40. The first kappa shape index (κ1) is 15.0. The predicted octanol–water partition coefficient (Wildman–Crippen LogP) is 1.30. The Labute approximate surface area is 118 Å². The second kappa shape index (κ2) is 5.18. The fourth-order valence-corrected chi connectivity index (χ4v) is 5.02. The first-order chi connectivity index (χ1) is 9.41. The van der Waals surface area contributed by atoms with Crippen molar-refractivity contribution in [3.05, 3.63) is 35.9 Å². The Morgan fingerprint density at radius 2 is 1.95 bits per heavy atom. The zero-order valence-electron chi connectivity index (χ0n) is 11.4. The van der Waals surface area contributed by atoms with Gasteiger partial charge in [-0.05, 0) is 5.56 Å². The van der Waals surface area contributed by atoms with Gasteiger partial charge in [0, 0.05) is 18.8 Å². The van der Waals surface area contributed by atoms with Gasteiger partial charge < -0.3 is 9.84 Å². The molecule has 1 aromatic rings. The van der Waals surface area contributed by atoms with E-state index in [9.17, 15) is 18.3 Å². The molecular formula is C14H18O5S. The third-order valence-corrected chi connectivity index (χ3v) is 6.26. The standard InChI is InChI=1S/C14H18O5S/c1-3-20(17,18)12-11(10-7-5-4-6-8-10)14(12,9-19-2)13(15)16/h4-8,11-12H,3,9H2,1-2H3,(H,15,16)/t11-,12+,14+/m0/s1. The number of hydrogen-bond donors (Lipinski definition) is 1. The minimum absolute atomic E-state index is 0.0697. The molecule has 20 heavy (non-hydrogen) atoms. The molecule has 0 bridgehead atoms. The van der Waals surface area contributed by atoms with Crippen LogP contribution in [0.25, 0.3) is 0 Å². The summed E-state index contributed by atoms with van der Waals surface area (Å²) >= 11 is 0. The normalized spacial score (nSPS) is 29.1. The maximum atomic E-state index is 12.2. The highest BCUT2D eigenvalue weighted by Crippen LogP contribution is 2.63. The van der Waals surface area contributed by atoms with Crippen LogP contribution in [-0.2, 0) is 19.4 Å². The summed E-state index contributed by atoms with van der Waals surface area (Å²) in [6.45, 7) is 1.43. The number of sulfone groups is 1. The van der Waals surface area contributed by atoms with Crippen molar-refractivity contribution in [3.8, 4) is 0 Å². The van der Waals surface area contributed by atoms with E-state index in [2.05, 4.69) is 0 Å². The molecule has 1 aromatic carbocycles. The summed E-state index contributed by atoms with van der Waals surface area (Å²) in [5.41, 5.74) is -0.640. The van der Waals surface area contributed by atoms with Crippen LogP contribution in [0.5, 0.6) is 0 Å². The highest BCUT2D eigenvalue weighted by atomic mass is 32.2. The van der Waals surface area contributed by atoms with Gasteiger partial charge in [-0.15, -0.1) is 0 Å². The van der Waals surface area contributed by atoms with E-state index >= 15 is 0 Å². The molecule has 1 saturated carbocycles. The van der Waals surface area contributed by atoms with E-state index in [0.29, 0.717) is 0 Å². The molecule has 0 saturated heterocycles. The SMILES string of the molecule is CCS(=O)(=O)[C@@H]1[C@H](c2ccccc2)[C@@]1(COC)C(=O)O. The van der Waals surface area contributed by atoms with Gasteiger partial charge in [0.2, 0.25) is 0 Å². The van der Waals surface area contributed by atoms with Gasteiger partial charge in [0.05, 0.1) is 11.9 Å². The minimum Gasteiger partial charge on any atom is -0.481 e. The summed E-state index contributed by atoms with van der Waals surface area (Å²) in [6, 6.07) is 8.91. The lowest BCUT2D eigenvalue weighted by molar-refractivity contribution is -0.145. The third kappa shape index (κ3) is 2.13. The van der Waals surface area contributed by atoms with Crippen LogP contribution in [0.3, 0.4) is 0 Å². The second-order valence-electron chi connectivity index (χ2n) is 5.04. The van der Waals surface area contributed by atoms with Crippen LogP contribution in [0.15, 0.2) is 30.3 Å². The van der Waals surface area contributed by atoms with Gasteiger partial charge >= 0.3 is 5.97 Å². The number of benzene rings is 1. The highest BCUT2D eigenvalue weighted by molar-refractivity contribution is 7.92. The average Bonchev–Trinajstić information content (AvgIpc) is 3.11. The lowest BCUT2D eigenvalue weighted by atomic mass is 10.0. The van der Waals surface area contributed by atoms with Gasteiger partial charge in [-0.25, -0.2) is 8.42 Å². The van der Waals surface area contributed by atoms with E-state index in [4.69, 9.17) is 4.74 Å². The Balaban J connectivity index is 2.51. The van der Waals surface area contributed by atoms with Gasteiger partial charge in [0.15, 0.2) is 9.84 Å². The second-order valence-corrected chi connectivity index (χ2v) is 7.45. The molecule has 1 fully saturated rings. The van der Waals surface area contributed by atoms with Crippen molar-refractivity contribution in [1.82, 2.24) is 0 Å². The van der Waals surface area contributed by atoms with Crippen molar-refractivity contribution < 1.29 is 23.1 Å². The molecule has 6 heteroatoms. The van der Waals surface area contributed by atoms with Gasteiger partial charge in [-0.2, -0.15) is 0 Å². The molecule has 1 aliphatic rings. The average molecular weight is 298 g/mol. The number of aliphatic carboxylic acids is 1. The predicted molar refractivity (Wildman–Crippen MR) is 74.4 cm³/mol. The zero-order valence-corrected chi connectivity index (χ0v) is 12.3. The monoisotopic (exact) mass is 298 g/mol. The fraction of sp³-hybridized carbons (Fsp3) is 0.500. The van der Waals surface area contributed by atoms with Gasteiger partial charge in [-0.1, -0.05) is 37.3 Å². The minimum atomic E-state index is -3.46. The van der Waals surface area contributed by atoms with E-state index in [0.717, 1.165) is 5.56 Å². The van der Waals surface area contributed by atoms with Crippen LogP contribution in [0.2, 0.25) is 0 Å². The molecule has 2 rings (SSSR count). The lowest BCUT2D eigenvalue weighted by Gasteiger charge is -2.11. The summed E-state index contributed by atoms with van der Waals surface area (Å²) in [7, 11) is -2.07. The largest absolute Gasteiger partial charge is 0.481 e. The van der Waals surface area contributed by atoms with Gasteiger partial charge in [0.1, 0.15) is 5.41 Å². The molecule has 0 spiro atoms. The van der Waals surface area contributed by atoms with E-state index in [1.807, 2.05) is 6.07 Å². The van der Waals surface area contributed by atoms with Crippen molar-refractivity contribution in [1.29, 1.82) is 0 Å². The molecule has 110 valence electrons. The number of rotatable bonds is 6.